The van der Waals surface area contributed by atoms with Crippen LogP contribution in [0.1, 0.15) is 19.5 Å². The second-order valence-electron chi connectivity index (χ2n) is 3.38. The van der Waals surface area contributed by atoms with Crippen LogP contribution in [0.2, 0.25) is 0 Å². The first-order valence-electron chi connectivity index (χ1n) is 5.05. The summed E-state index contributed by atoms with van der Waals surface area (Å²) in [5, 5.41) is 0.742. The van der Waals surface area contributed by atoms with E-state index < -0.39 is 0 Å². The van der Waals surface area contributed by atoms with Gasteiger partial charge >= 0.3 is 0 Å². The number of aromatic nitrogens is 1. The number of fused-ring (bicyclic) bond motifs is 1. The molecule has 0 aliphatic heterocycles. The molecule has 0 bridgehead atoms. The molecule has 0 spiro atoms. The molecule has 2 aromatic rings. The van der Waals surface area contributed by atoms with Crippen molar-refractivity contribution in [2.45, 2.75) is 26.8 Å². The van der Waals surface area contributed by atoms with E-state index in [0.29, 0.717) is 0 Å². The highest BCUT2D eigenvalue weighted by atomic mass is 19.1. The Balaban J connectivity index is 2.84. The summed E-state index contributed by atoms with van der Waals surface area (Å²) in [6.45, 7) is 4.86. The van der Waals surface area contributed by atoms with Crippen molar-refractivity contribution < 1.29 is 4.39 Å². The lowest BCUT2D eigenvalue weighted by atomic mass is 10.2. The Bertz CT molecular complexity index is 457. The van der Waals surface area contributed by atoms with Crippen molar-refractivity contribution in [3.63, 3.8) is 0 Å². The van der Waals surface area contributed by atoms with Gasteiger partial charge in [0.05, 0.1) is 11.2 Å². The number of benzene rings is 1. The number of para-hydroxylation sites is 1. The van der Waals surface area contributed by atoms with Crippen molar-refractivity contribution in [3.05, 3.63) is 35.8 Å². The van der Waals surface area contributed by atoms with Gasteiger partial charge in [0.1, 0.15) is 0 Å². The molecular weight excluding hydrogens is 177 g/mol. The molecule has 0 saturated carbocycles. The van der Waals surface area contributed by atoms with Gasteiger partial charge in [-0.25, -0.2) is 4.39 Å². The van der Waals surface area contributed by atoms with Gasteiger partial charge in [-0.2, -0.15) is 0 Å². The summed E-state index contributed by atoms with van der Waals surface area (Å²) in [7, 11) is 0. The molecule has 1 aromatic carbocycles. The highest BCUT2D eigenvalue weighted by Gasteiger charge is 2.13. The molecule has 0 aliphatic rings. The van der Waals surface area contributed by atoms with Gasteiger partial charge < -0.3 is 4.57 Å². The highest BCUT2D eigenvalue weighted by molar-refractivity contribution is 5.82. The fourth-order valence-corrected chi connectivity index (χ4v) is 2.02. The van der Waals surface area contributed by atoms with E-state index in [1.807, 2.05) is 42.7 Å². The maximum absolute atomic E-state index is 13.9. The fraction of sp³-hybridized carbons (Fsp3) is 0.333. The van der Waals surface area contributed by atoms with Gasteiger partial charge in [0.15, 0.2) is 5.82 Å². The Morgan fingerprint density at radius 3 is 2.57 bits per heavy atom. The van der Waals surface area contributed by atoms with Crippen LogP contribution in [0.5, 0.6) is 0 Å². The van der Waals surface area contributed by atoms with Crippen LogP contribution in [0, 0.1) is 5.82 Å². The van der Waals surface area contributed by atoms with Gasteiger partial charge in [-0.15, -0.1) is 0 Å². The predicted octanol–water partition coefficient (Wildman–Crippen LogP) is 3.36. The maximum Gasteiger partial charge on any atom is 0.151 e. The van der Waals surface area contributed by atoms with Crippen LogP contribution in [0.25, 0.3) is 10.9 Å². The number of hydrogen-bond acceptors (Lipinski definition) is 0. The first kappa shape index (κ1) is 9.25. The third-order valence-electron chi connectivity index (χ3n) is 2.66. The Morgan fingerprint density at radius 2 is 1.93 bits per heavy atom. The first-order valence-corrected chi connectivity index (χ1v) is 5.05. The minimum Gasteiger partial charge on any atom is -0.342 e. The molecular formula is C12H14FN. The monoisotopic (exact) mass is 191 g/mol. The second-order valence-corrected chi connectivity index (χ2v) is 3.38. The Labute approximate surface area is 83.2 Å². The van der Waals surface area contributed by atoms with Crippen molar-refractivity contribution in [1.82, 2.24) is 4.57 Å². The minimum atomic E-state index is -0.0510. The molecule has 74 valence electrons. The molecule has 1 nitrogen and oxygen atoms in total. The van der Waals surface area contributed by atoms with Gasteiger partial charge in [-0.3, -0.25) is 0 Å². The lowest BCUT2D eigenvalue weighted by Gasteiger charge is -2.04. The number of nitrogens with zero attached hydrogens (tertiary/aromatic N) is 1. The Morgan fingerprint density at radius 1 is 1.21 bits per heavy atom. The first-order chi connectivity index (χ1) is 6.79. The van der Waals surface area contributed by atoms with Gasteiger partial charge in [0, 0.05) is 11.9 Å². The van der Waals surface area contributed by atoms with Gasteiger partial charge in [0.25, 0.3) is 0 Å². The molecule has 1 aromatic heterocycles. The fourth-order valence-electron chi connectivity index (χ4n) is 2.02. The van der Waals surface area contributed by atoms with Gasteiger partial charge in [0.2, 0.25) is 0 Å². The zero-order chi connectivity index (χ0) is 10.1. The SMILES string of the molecule is CCc1c(F)c2ccccc2n1CC. The molecule has 0 unspecified atom stereocenters. The van der Waals surface area contributed by atoms with E-state index in [0.717, 1.165) is 29.6 Å². The summed E-state index contributed by atoms with van der Waals surface area (Å²) in [5.74, 6) is -0.0510. The third kappa shape index (κ3) is 1.14. The summed E-state index contributed by atoms with van der Waals surface area (Å²) in [6.07, 6.45) is 0.744. The lowest BCUT2D eigenvalue weighted by Crippen LogP contribution is -1.99. The van der Waals surface area contributed by atoms with Gasteiger partial charge in [-0.1, -0.05) is 19.1 Å². The van der Waals surface area contributed by atoms with Crippen molar-refractivity contribution in [3.8, 4) is 0 Å². The van der Waals surface area contributed by atoms with E-state index in [-0.39, 0.29) is 5.82 Å². The van der Waals surface area contributed by atoms with Crippen molar-refractivity contribution in [2.24, 2.45) is 0 Å². The predicted molar refractivity (Wildman–Crippen MR) is 56.9 cm³/mol. The van der Waals surface area contributed by atoms with Crippen LogP contribution in [-0.4, -0.2) is 4.57 Å². The summed E-state index contributed by atoms with van der Waals surface area (Å²) < 4.78 is 15.9. The van der Waals surface area contributed by atoms with Gasteiger partial charge in [-0.05, 0) is 25.5 Å². The molecule has 14 heavy (non-hydrogen) atoms. The van der Waals surface area contributed by atoms with E-state index in [9.17, 15) is 4.39 Å². The van der Waals surface area contributed by atoms with Crippen LogP contribution in [0.15, 0.2) is 24.3 Å². The lowest BCUT2D eigenvalue weighted by molar-refractivity contribution is 0.599. The number of halogens is 1. The van der Waals surface area contributed by atoms with E-state index >= 15 is 0 Å². The third-order valence-corrected chi connectivity index (χ3v) is 2.66. The quantitative estimate of drug-likeness (QED) is 0.686. The standard InChI is InChI=1S/C12H14FN/c1-3-10-12(13)9-7-5-6-8-11(9)14(10)4-2/h5-8H,3-4H2,1-2H3. The average Bonchev–Trinajstić information content (AvgIpc) is 2.51. The zero-order valence-corrected chi connectivity index (χ0v) is 8.55. The van der Waals surface area contributed by atoms with Crippen molar-refractivity contribution >= 4 is 10.9 Å². The van der Waals surface area contributed by atoms with Crippen LogP contribution in [0.4, 0.5) is 4.39 Å². The molecule has 0 saturated heterocycles. The molecule has 0 radical (unpaired) electrons. The molecule has 2 heteroatoms. The van der Waals surface area contributed by atoms with E-state index in [1.54, 1.807) is 0 Å². The minimum absolute atomic E-state index is 0.0510. The molecule has 0 aliphatic carbocycles. The molecule has 0 N–H and O–H groups in total. The Kier molecular flexibility index (Phi) is 2.28. The second kappa shape index (κ2) is 3.45. The molecule has 2 rings (SSSR count). The zero-order valence-electron chi connectivity index (χ0n) is 8.55. The summed E-state index contributed by atoms with van der Waals surface area (Å²) in [4.78, 5) is 0. The average molecular weight is 191 g/mol. The summed E-state index contributed by atoms with van der Waals surface area (Å²) >= 11 is 0. The molecule has 0 fully saturated rings. The van der Waals surface area contributed by atoms with Crippen LogP contribution >= 0.6 is 0 Å². The highest BCUT2D eigenvalue weighted by Crippen LogP contribution is 2.24. The van der Waals surface area contributed by atoms with Crippen LogP contribution in [0.3, 0.4) is 0 Å². The smallest absolute Gasteiger partial charge is 0.151 e. The molecule has 1 heterocycles. The Hall–Kier alpha value is -1.31. The van der Waals surface area contributed by atoms with Crippen LogP contribution < -0.4 is 0 Å². The van der Waals surface area contributed by atoms with Crippen molar-refractivity contribution in [1.29, 1.82) is 0 Å². The molecule has 0 atom stereocenters. The maximum atomic E-state index is 13.9. The number of aryl methyl sites for hydroxylation is 1. The van der Waals surface area contributed by atoms with Crippen molar-refractivity contribution in [2.75, 3.05) is 0 Å². The largest absolute Gasteiger partial charge is 0.342 e. The topological polar surface area (TPSA) is 4.93 Å². The normalized spacial score (nSPS) is 11.1. The van der Waals surface area contributed by atoms with E-state index in [4.69, 9.17) is 0 Å². The van der Waals surface area contributed by atoms with Crippen LogP contribution in [-0.2, 0) is 13.0 Å². The van der Waals surface area contributed by atoms with E-state index in [1.165, 1.54) is 0 Å². The number of rotatable bonds is 2. The summed E-state index contributed by atoms with van der Waals surface area (Å²) in [6, 6.07) is 7.65. The summed E-state index contributed by atoms with van der Waals surface area (Å²) in [5.41, 5.74) is 1.82. The molecule has 0 amide bonds. The van der Waals surface area contributed by atoms with E-state index in [2.05, 4.69) is 0 Å². The number of hydrogen-bond donors (Lipinski definition) is 0.